The molecule has 0 bridgehead atoms. The number of aromatic amines is 1. The summed E-state index contributed by atoms with van der Waals surface area (Å²) in [6, 6.07) is 3.59. The van der Waals surface area contributed by atoms with Gasteiger partial charge in [-0.3, -0.25) is 4.79 Å². The van der Waals surface area contributed by atoms with E-state index in [-0.39, 0.29) is 12.2 Å². The first-order valence-electron chi connectivity index (χ1n) is 8.33. The molecule has 0 atom stereocenters. The van der Waals surface area contributed by atoms with Crippen LogP contribution < -0.4 is 5.56 Å². The highest BCUT2D eigenvalue weighted by molar-refractivity contribution is 5.76. The third-order valence-corrected chi connectivity index (χ3v) is 4.45. The maximum absolute atomic E-state index is 12.5. The van der Waals surface area contributed by atoms with Gasteiger partial charge in [0.2, 0.25) is 0 Å². The van der Waals surface area contributed by atoms with Gasteiger partial charge in [-0.2, -0.15) is 14.7 Å². The number of aryl methyl sites for hydroxylation is 1. The molecule has 4 aromatic heterocycles. The van der Waals surface area contributed by atoms with Crippen LogP contribution in [0.15, 0.2) is 41.7 Å². The quantitative estimate of drug-likeness (QED) is 0.583. The van der Waals surface area contributed by atoms with Crippen LogP contribution in [0.5, 0.6) is 0 Å². The van der Waals surface area contributed by atoms with Crippen molar-refractivity contribution in [3.8, 4) is 16.9 Å². The zero-order chi connectivity index (χ0) is 18.3. The topological polar surface area (TPSA) is 101 Å². The van der Waals surface area contributed by atoms with Crippen LogP contribution in [0.4, 0.5) is 0 Å². The minimum atomic E-state index is -0.0985. The Balaban J connectivity index is 1.79. The van der Waals surface area contributed by atoms with E-state index in [4.69, 9.17) is 5.11 Å². The smallest absolute Gasteiger partial charge is 0.277 e. The molecule has 0 amide bonds. The van der Waals surface area contributed by atoms with E-state index in [0.29, 0.717) is 17.9 Å². The fraction of sp³-hybridized carbons (Fsp3) is 0.222. The zero-order valence-electron chi connectivity index (χ0n) is 14.5. The fourth-order valence-corrected chi connectivity index (χ4v) is 3.02. The van der Waals surface area contributed by atoms with Crippen molar-refractivity contribution in [2.24, 2.45) is 0 Å². The van der Waals surface area contributed by atoms with Gasteiger partial charge in [-0.1, -0.05) is 13.0 Å². The third-order valence-electron chi connectivity index (χ3n) is 4.45. The minimum absolute atomic E-state index is 0.0491. The second kappa shape index (κ2) is 6.23. The first-order valence-corrected chi connectivity index (χ1v) is 8.33. The summed E-state index contributed by atoms with van der Waals surface area (Å²) in [5.74, 6) is 0.642. The van der Waals surface area contributed by atoms with Gasteiger partial charge in [-0.25, -0.2) is 9.67 Å². The lowest BCUT2D eigenvalue weighted by Crippen LogP contribution is -2.21. The lowest BCUT2D eigenvalue weighted by atomic mass is 10.1. The predicted octanol–water partition coefficient (Wildman–Crippen LogP) is 1.63. The monoisotopic (exact) mass is 350 g/mol. The molecule has 0 saturated heterocycles. The van der Waals surface area contributed by atoms with Crippen LogP contribution in [-0.2, 0) is 13.0 Å². The van der Waals surface area contributed by atoms with Crippen molar-refractivity contribution in [3.05, 3.63) is 64.1 Å². The molecular formula is C18H18N6O2. The molecular weight excluding hydrogens is 332 g/mol. The third kappa shape index (κ3) is 2.51. The van der Waals surface area contributed by atoms with Crippen molar-refractivity contribution in [2.45, 2.75) is 26.9 Å². The van der Waals surface area contributed by atoms with Crippen molar-refractivity contribution >= 4 is 5.65 Å². The molecule has 8 nitrogen and oxygen atoms in total. The molecule has 2 N–H and O–H groups in total. The number of aromatic nitrogens is 6. The number of hydrogen-bond donors (Lipinski definition) is 2. The fourth-order valence-electron chi connectivity index (χ4n) is 3.02. The summed E-state index contributed by atoms with van der Waals surface area (Å²) in [4.78, 5) is 20.1. The Morgan fingerprint density at radius 3 is 2.73 bits per heavy atom. The molecule has 0 unspecified atom stereocenters. The molecule has 4 heterocycles. The van der Waals surface area contributed by atoms with Crippen molar-refractivity contribution < 1.29 is 5.11 Å². The zero-order valence-corrected chi connectivity index (χ0v) is 14.5. The lowest BCUT2D eigenvalue weighted by molar-refractivity contribution is 0.281. The Labute approximate surface area is 148 Å². The molecule has 0 saturated carbocycles. The average molecular weight is 350 g/mol. The standard InChI is InChI=1S/C18H18N6O2/c1-3-14-11(2)22-17-15(8-21-24(17)18(14)26)13-7-20-23(9-13)16-5-4-12(10-25)6-19-16/h4-9,22,25H,3,10H2,1-2H3. The van der Waals surface area contributed by atoms with Crippen LogP contribution in [-0.4, -0.2) is 34.5 Å². The van der Waals surface area contributed by atoms with E-state index in [0.717, 1.165) is 27.9 Å². The van der Waals surface area contributed by atoms with E-state index in [1.807, 2.05) is 20.0 Å². The Morgan fingerprint density at radius 2 is 2.04 bits per heavy atom. The van der Waals surface area contributed by atoms with Crippen LogP contribution in [0.3, 0.4) is 0 Å². The average Bonchev–Trinajstić information content (AvgIpc) is 3.29. The van der Waals surface area contributed by atoms with Gasteiger partial charge in [0, 0.05) is 34.8 Å². The minimum Gasteiger partial charge on any atom is -0.392 e. The van der Waals surface area contributed by atoms with Gasteiger partial charge in [-0.15, -0.1) is 0 Å². The summed E-state index contributed by atoms with van der Waals surface area (Å²) in [5, 5.41) is 17.7. The molecule has 8 heteroatoms. The first kappa shape index (κ1) is 16.2. The van der Waals surface area contributed by atoms with Crippen molar-refractivity contribution in [3.63, 3.8) is 0 Å². The molecule has 4 aromatic rings. The largest absolute Gasteiger partial charge is 0.392 e. The van der Waals surface area contributed by atoms with E-state index in [1.165, 1.54) is 4.52 Å². The summed E-state index contributed by atoms with van der Waals surface area (Å²) < 4.78 is 3.04. The van der Waals surface area contributed by atoms with Crippen LogP contribution in [0.1, 0.15) is 23.7 Å². The van der Waals surface area contributed by atoms with E-state index in [2.05, 4.69) is 20.2 Å². The molecule has 0 aliphatic heterocycles. The SMILES string of the molecule is CCc1c(C)[nH]c2c(-c3cnn(-c4ccc(CO)cn4)c3)cnn2c1=O. The van der Waals surface area contributed by atoms with Crippen LogP contribution in [0, 0.1) is 6.92 Å². The number of nitrogens with zero attached hydrogens (tertiary/aromatic N) is 5. The second-order valence-electron chi connectivity index (χ2n) is 6.06. The number of pyridine rings is 1. The van der Waals surface area contributed by atoms with Crippen LogP contribution in [0.25, 0.3) is 22.6 Å². The molecule has 0 aliphatic carbocycles. The van der Waals surface area contributed by atoms with E-state index in [1.54, 1.807) is 35.4 Å². The highest BCUT2D eigenvalue weighted by Gasteiger charge is 2.15. The Morgan fingerprint density at radius 1 is 1.19 bits per heavy atom. The summed E-state index contributed by atoms with van der Waals surface area (Å²) in [6.07, 6.45) is 7.47. The van der Waals surface area contributed by atoms with Crippen LogP contribution in [0.2, 0.25) is 0 Å². The van der Waals surface area contributed by atoms with E-state index < -0.39 is 0 Å². The van der Waals surface area contributed by atoms with Crippen molar-refractivity contribution in [1.82, 2.24) is 29.4 Å². The lowest BCUT2D eigenvalue weighted by Gasteiger charge is -2.04. The summed E-state index contributed by atoms with van der Waals surface area (Å²) in [6.45, 7) is 3.80. The number of hydrogen-bond acceptors (Lipinski definition) is 5. The Kier molecular flexibility index (Phi) is 3.89. The summed E-state index contributed by atoms with van der Waals surface area (Å²) in [7, 11) is 0. The van der Waals surface area contributed by atoms with E-state index >= 15 is 0 Å². The van der Waals surface area contributed by atoms with Crippen molar-refractivity contribution in [2.75, 3.05) is 0 Å². The van der Waals surface area contributed by atoms with Gasteiger partial charge >= 0.3 is 0 Å². The molecule has 26 heavy (non-hydrogen) atoms. The van der Waals surface area contributed by atoms with Gasteiger partial charge < -0.3 is 10.1 Å². The number of aliphatic hydroxyl groups is 1. The molecule has 0 aromatic carbocycles. The second-order valence-corrected chi connectivity index (χ2v) is 6.06. The van der Waals surface area contributed by atoms with Gasteiger partial charge in [-0.05, 0) is 25.0 Å². The molecule has 0 aliphatic rings. The van der Waals surface area contributed by atoms with Gasteiger partial charge in [0.15, 0.2) is 5.82 Å². The predicted molar refractivity (Wildman–Crippen MR) is 96.2 cm³/mol. The van der Waals surface area contributed by atoms with Gasteiger partial charge in [0.05, 0.1) is 19.0 Å². The van der Waals surface area contributed by atoms with Gasteiger partial charge in [0.25, 0.3) is 5.56 Å². The van der Waals surface area contributed by atoms with E-state index in [9.17, 15) is 4.79 Å². The maximum Gasteiger partial charge on any atom is 0.277 e. The number of fused-ring (bicyclic) bond motifs is 1. The number of aliphatic hydroxyl groups excluding tert-OH is 1. The molecule has 0 fully saturated rings. The highest BCUT2D eigenvalue weighted by atomic mass is 16.3. The first-order chi connectivity index (χ1) is 12.6. The Hall–Kier alpha value is -3.26. The number of rotatable bonds is 4. The number of nitrogens with one attached hydrogen (secondary N) is 1. The molecule has 0 spiro atoms. The maximum atomic E-state index is 12.5. The Bertz CT molecular complexity index is 1140. The summed E-state index contributed by atoms with van der Waals surface area (Å²) in [5.41, 5.74) is 4.49. The van der Waals surface area contributed by atoms with Crippen LogP contribution >= 0.6 is 0 Å². The number of H-pyrrole nitrogens is 1. The highest BCUT2D eigenvalue weighted by Crippen LogP contribution is 2.23. The van der Waals surface area contributed by atoms with Crippen molar-refractivity contribution in [1.29, 1.82) is 0 Å². The van der Waals surface area contributed by atoms with Gasteiger partial charge in [0.1, 0.15) is 5.65 Å². The normalized spacial score (nSPS) is 11.3. The molecule has 4 rings (SSSR count). The molecule has 132 valence electrons. The summed E-state index contributed by atoms with van der Waals surface area (Å²) >= 11 is 0. The molecule has 0 radical (unpaired) electrons.